The molecule has 0 aromatic heterocycles. The lowest BCUT2D eigenvalue weighted by Gasteiger charge is -2.46. The van der Waals surface area contributed by atoms with Gasteiger partial charge < -0.3 is 42.6 Å². The van der Waals surface area contributed by atoms with Crippen LogP contribution in [0.2, 0.25) is 0 Å². The Hall–Kier alpha value is -5.24. The largest absolute Gasteiger partial charge is 0.459 e. The topological polar surface area (TPSA) is 117 Å². The van der Waals surface area contributed by atoms with Gasteiger partial charge in [0.05, 0.1) is 37.6 Å². The summed E-state index contributed by atoms with van der Waals surface area (Å²) in [6.45, 7) is 0.748. The molecule has 2 saturated heterocycles. The number of carbonyl (C=O) groups is 2. The number of rotatable bonds is 18. The molecule has 59 heavy (non-hydrogen) atoms. The Morgan fingerprint density at radius 1 is 0.508 bits per heavy atom. The van der Waals surface area contributed by atoms with Crippen molar-refractivity contribution in [3.8, 4) is 0 Å². The molecule has 0 unspecified atom stereocenters. The van der Waals surface area contributed by atoms with Crippen molar-refractivity contribution < 1.29 is 52.2 Å². The second-order valence-corrected chi connectivity index (χ2v) is 14.4. The second-order valence-electron chi connectivity index (χ2n) is 14.4. The van der Waals surface area contributed by atoms with Crippen LogP contribution >= 0.6 is 0 Å². The molecule has 0 spiro atoms. The third-order valence-electron chi connectivity index (χ3n) is 10.2. The van der Waals surface area contributed by atoms with Crippen molar-refractivity contribution in [2.24, 2.45) is 0 Å². The first-order valence-electron chi connectivity index (χ1n) is 19.9. The first kappa shape index (κ1) is 41.9. The predicted molar refractivity (Wildman–Crippen MR) is 217 cm³/mol. The van der Waals surface area contributed by atoms with E-state index in [2.05, 4.69) is 0 Å². The van der Waals surface area contributed by atoms with Crippen LogP contribution in [-0.2, 0) is 62.5 Å². The van der Waals surface area contributed by atoms with Crippen LogP contribution < -0.4 is 0 Å². The standard InChI is InChI=1S/C48H50O11/c1-51-48-45(55-31-36-21-11-4-12-22-36)44(54-30-35-19-9-3-10-20-35)43(53-29-34-17-7-2-8-18-34)41(59-48)33-52-42-28-27-39(58-47(50)38-25-15-6-16-26-38)40(57-42)32-56-46(49)37-23-13-5-14-24-37/h2-26,39-45,48H,27-33H2,1H3/t39-,40+,41+,42-,43+,44-,45+,48-/m0/s1. The maximum absolute atomic E-state index is 13.1. The summed E-state index contributed by atoms with van der Waals surface area (Å²) in [5.41, 5.74) is 3.76. The molecule has 2 aliphatic rings. The van der Waals surface area contributed by atoms with E-state index in [9.17, 15) is 9.59 Å². The Morgan fingerprint density at radius 2 is 0.983 bits per heavy atom. The Morgan fingerprint density at radius 3 is 1.51 bits per heavy atom. The molecule has 0 N–H and O–H groups in total. The van der Waals surface area contributed by atoms with E-state index < -0.39 is 61.1 Å². The molecule has 0 saturated carbocycles. The molecule has 5 aromatic rings. The molecule has 0 amide bonds. The van der Waals surface area contributed by atoms with Gasteiger partial charge >= 0.3 is 11.9 Å². The number of benzene rings is 5. The number of ether oxygens (including phenoxy) is 9. The second kappa shape index (κ2) is 21.7. The summed E-state index contributed by atoms with van der Waals surface area (Å²) in [5, 5.41) is 0. The monoisotopic (exact) mass is 802 g/mol. The maximum Gasteiger partial charge on any atom is 0.338 e. The van der Waals surface area contributed by atoms with E-state index in [-0.39, 0.29) is 19.8 Å². The normalized spacial score (nSPS) is 24.2. The smallest absolute Gasteiger partial charge is 0.338 e. The van der Waals surface area contributed by atoms with Crippen molar-refractivity contribution in [1.29, 1.82) is 0 Å². The summed E-state index contributed by atoms with van der Waals surface area (Å²) < 4.78 is 57.1. The quantitative estimate of drug-likeness (QED) is 0.0811. The molecule has 0 bridgehead atoms. The van der Waals surface area contributed by atoms with E-state index in [0.717, 1.165) is 16.7 Å². The van der Waals surface area contributed by atoms with E-state index in [1.165, 1.54) is 0 Å². The Kier molecular flexibility index (Phi) is 15.4. The Bertz CT molecular complexity index is 1980. The molecule has 308 valence electrons. The van der Waals surface area contributed by atoms with Gasteiger partial charge in [0.1, 0.15) is 43.2 Å². The fourth-order valence-corrected chi connectivity index (χ4v) is 7.11. The number of hydrogen-bond acceptors (Lipinski definition) is 11. The van der Waals surface area contributed by atoms with Crippen molar-refractivity contribution >= 4 is 11.9 Å². The van der Waals surface area contributed by atoms with Crippen molar-refractivity contribution in [3.05, 3.63) is 179 Å². The average Bonchev–Trinajstić information content (AvgIpc) is 3.30. The van der Waals surface area contributed by atoms with Crippen LogP contribution in [0.5, 0.6) is 0 Å². The van der Waals surface area contributed by atoms with Gasteiger partial charge in [0.25, 0.3) is 0 Å². The van der Waals surface area contributed by atoms with Gasteiger partial charge in [0, 0.05) is 13.5 Å². The number of methoxy groups -OCH3 is 1. The summed E-state index contributed by atoms with van der Waals surface area (Å²) in [7, 11) is 1.57. The van der Waals surface area contributed by atoms with Gasteiger partial charge in [-0.25, -0.2) is 9.59 Å². The molecule has 2 heterocycles. The first-order chi connectivity index (χ1) is 29.0. The Labute approximate surface area is 345 Å². The van der Waals surface area contributed by atoms with E-state index in [1.807, 2.05) is 103 Å². The molecule has 0 aliphatic carbocycles. The van der Waals surface area contributed by atoms with Gasteiger partial charge in [-0.15, -0.1) is 0 Å². The molecule has 2 fully saturated rings. The summed E-state index contributed by atoms with van der Waals surface area (Å²) in [5.74, 6) is -1.02. The number of hydrogen-bond donors (Lipinski definition) is 0. The zero-order chi connectivity index (χ0) is 40.7. The highest BCUT2D eigenvalue weighted by atomic mass is 16.7. The number of carbonyl (C=O) groups excluding carboxylic acids is 2. The van der Waals surface area contributed by atoms with Crippen LogP contribution in [0.3, 0.4) is 0 Å². The lowest BCUT2D eigenvalue weighted by molar-refractivity contribution is -0.330. The van der Waals surface area contributed by atoms with Crippen LogP contribution in [0.25, 0.3) is 0 Å². The lowest BCUT2D eigenvalue weighted by atomic mass is 9.97. The minimum Gasteiger partial charge on any atom is -0.459 e. The number of esters is 2. The highest BCUT2D eigenvalue weighted by Gasteiger charge is 2.49. The van der Waals surface area contributed by atoms with Gasteiger partial charge in [-0.2, -0.15) is 0 Å². The van der Waals surface area contributed by atoms with Crippen molar-refractivity contribution in [1.82, 2.24) is 0 Å². The van der Waals surface area contributed by atoms with E-state index in [0.29, 0.717) is 37.2 Å². The average molecular weight is 803 g/mol. The van der Waals surface area contributed by atoms with Gasteiger partial charge in [-0.3, -0.25) is 0 Å². The molecule has 2 aliphatic heterocycles. The summed E-state index contributed by atoms with van der Waals surface area (Å²) >= 11 is 0. The minimum absolute atomic E-state index is 0.0333. The van der Waals surface area contributed by atoms with Gasteiger partial charge in [0.15, 0.2) is 12.6 Å². The third kappa shape index (κ3) is 11.9. The van der Waals surface area contributed by atoms with Crippen LogP contribution in [0, 0.1) is 0 Å². The summed E-state index contributed by atoms with van der Waals surface area (Å²) in [4.78, 5) is 26.1. The van der Waals surface area contributed by atoms with Crippen LogP contribution in [0.4, 0.5) is 0 Å². The lowest BCUT2D eigenvalue weighted by Crippen LogP contribution is -2.61. The molecule has 11 heteroatoms. The van der Waals surface area contributed by atoms with Crippen molar-refractivity contribution in [2.45, 2.75) is 81.9 Å². The minimum atomic E-state index is -0.830. The van der Waals surface area contributed by atoms with Gasteiger partial charge in [-0.1, -0.05) is 127 Å². The van der Waals surface area contributed by atoms with Crippen LogP contribution in [0.15, 0.2) is 152 Å². The van der Waals surface area contributed by atoms with Crippen LogP contribution in [-0.4, -0.2) is 81.5 Å². The van der Waals surface area contributed by atoms with Crippen molar-refractivity contribution in [2.75, 3.05) is 20.3 Å². The van der Waals surface area contributed by atoms with E-state index in [4.69, 9.17) is 42.6 Å². The van der Waals surface area contributed by atoms with E-state index in [1.54, 1.807) is 55.6 Å². The zero-order valence-corrected chi connectivity index (χ0v) is 33.0. The maximum atomic E-state index is 13.1. The van der Waals surface area contributed by atoms with Gasteiger partial charge in [-0.05, 0) is 47.4 Å². The highest BCUT2D eigenvalue weighted by Crippen LogP contribution is 2.32. The molecule has 5 aromatic carbocycles. The predicted octanol–water partition coefficient (Wildman–Crippen LogP) is 7.72. The first-order valence-corrected chi connectivity index (χ1v) is 19.9. The summed E-state index contributed by atoms with van der Waals surface area (Å²) in [6, 6.07) is 47.1. The SMILES string of the molecule is CO[C@H]1O[C@H](CO[C@@H]2CC[C@H](OC(=O)c3ccccc3)[C@@H](COC(=O)c3ccccc3)O2)[C@@H](OCc2ccccc2)[C@H](OCc2ccccc2)[C@H]1OCc1ccccc1. The highest BCUT2D eigenvalue weighted by molar-refractivity contribution is 5.90. The van der Waals surface area contributed by atoms with Crippen LogP contribution in [0.1, 0.15) is 50.2 Å². The zero-order valence-electron chi connectivity index (χ0n) is 33.0. The molecular weight excluding hydrogens is 753 g/mol. The molecular formula is C48H50O11. The molecule has 8 atom stereocenters. The van der Waals surface area contributed by atoms with Crippen molar-refractivity contribution in [3.63, 3.8) is 0 Å². The fraction of sp³-hybridized carbons (Fsp3) is 0.333. The Balaban J connectivity index is 1.09. The summed E-state index contributed by atoms with van der Waals surface area (Å²) in [6.07, 6.45) is -4.97. The molecule has 0 radical (unpaired) electrons. The third-order valence-corrected chi connectivity index (χ3v) is 10.2. The van der Waals surface area contributed by atoms with E-state index >= 15 is 0 Å². The molecule has 7 rings (SSSR count). The van der Waals surface area contributed by atoms with Gasteiger partial charge in [0.2, 0.25) is 0 Å². The molecule has 11 nitrogen and oxygen atoms in total. The fourth-order valence-electron chi connectivity index (χ4n) is 7.11.